The van der Waals surface area contributed by atoms with E-state index in [1.54, 1.807) is 11.6 Å². The van der Waals surface area contributed by atoms with Crippen LogP contribution in [0.2, 0.25) is 0 Å². The number of aromatic nitrogens is 2. The molecule has 19 heavy (non-hydrogen) atoms. The van der Waals surface area contributed by atoms with Crippen molar-refractivity contribution in [3.63, 3.8) is 0 Å². The maximum Gasteiger partial charge on any atom is 0.214 e. The summed E-state index contributed by atoms with van der Waals surface area (Å²) >= 11 is 0. The van der Waals surface area contributed by atoms with E-state index < -0.39 is 0 Å². The van der Waals surface area contributed by atoms with Gasteiger partial charge in [-0.1, -0.05) is 0 Å². The molecule has 0 radical (unpaired) electrons. The third-order valence-corrected chi connectivity index (χ3v) is 2.96. The summed E-state index contributed by atoms with van der Waals surface area (Å²) in [6, 6.07) is 4.29. The number of carbonyl (C=O) groups is 1. The highest BCUT2D eigenvalue weighted by Gasteiger charge is 2.20. The highest BCUT2D eigenvalue weighted by atomic mass is 19.1. The number of carbonyl (C=O) groups excluding carboxylic acids is 1. The summed E-state index contributed by atoms with van der Waals surface area (Å²) in [6.45, 7) is 4.07. The predicted molar refractivity (Wildman–Crippen MR) is 69.0 cm³/mol. The number of nitrogens with zero attached hydrogens (tertiary/aromatic N) is 2. The maximum atomic E-state index is 13.2. The van der Waals surface area contributed by atoms with E-state index in [2.05, 4.69) is 5.10 Å². The van der Waals surface area contributed by atoms with Crippen molar-refractivity contribution in [2.24, 2.45) is 0 Å². The van der Waals surface area contributed by atoms with E-state index in [0.29, 0.717) is 29.1 Å². The lowest BCUT2D eigenvalue weighted by Gasteiger charge is -2.07. The summed E-state index contributed by atoms with van der Waals surface area (Å²) in [5.74, 6) is -0.124. The average molecular weight is 262 g/mol. The Hall–Kier alpha value is -2.17. The van der Waals surface area contributed by atoms with Gasteiger partial charge in [0, 0.05) is 12.1 Å². The minimum Gasteiger partial charge on any atom is -0.493 e. The van der Waals surface area contributed by atoms with Gasteiger partial charge in [-0.25, -0.2) is 4.39 Å². The molecule has 0 fully saturated rings. The smallest absolute Gasteiger partial charge is 0.214 e. The SMILES string of the molecule is CCn1ncc(OC)c1C(=O)c1ccc(F)c(C)c1. The topological polar surface area (TPSA) is 44.1 Å². The lowest BCUT2D eigenvalue weighted by Crippen LogP contribution is -2.12. The van der Waals surface area contributed by atoms with Crippen molar-refractivity contribution in [2.45, 2.75) is 20.4 Å². The normalized spacial score (nSPS) is 10.5. The standard InChI is InChI=1S/C14H15FN2O2/c1-4-17-13(12(19-3)8-16-17)14(18)10-5-6-11(15)9(2)7-10/h5-8H,4H2,1-3H3. The van der Waals surface area contributed by atoms with Gasteiger partial charge < -0.3 is 4.74 Å². The number of hydrogen-bond acceptors (Lipinski definition) is 3. The second-order valence-electron chi connectivity index (χ2n) is 4.17. The van der Waals surface area contributed by atoms with Crippen molar-refractivity contribution < 1.29 is 13.9 Å². The number of methoxy groups -OCH3 is 1. The molecule has 0 unspecified atom stereocenters. The third-order valence-electron chi connectivity index (χ3n) is 2.96. The van der Waals surface area contributed by atoms with E-state index in [9.17, 15) is 9.18 Å². The Labute approximate surface area is 110 Å². The lowest BCUT2D eigenvalue weighted by molar-refractivity contribution is 0.102. The van der Waals surface area contributed by atoms with Crippen LogP contribution in [0.4, 0.5) is 4.39 Å². The van der Waals surface area contributed by atoms with Gasteiger partial charge in [0.1, 0.15) is 5.82 Å². The molecule has 2 rings (SSSR count). The first-order chi connectivity index (χ1) is 9.08. The minimum atomic E-state index is -0.326. The number of halogens is 1. The Morgan fingerprint density at radius 3 is 2.79 bits per heavy atom. The summed E-state index contributed by atoms with van der Waals surface area (Å²) in [5.41, 5.74) is 1.25. The van der Waals surface area contributed by atoms with Crippen LogP contribution < -0.4 is 4.74 Å². The van der Waals surface area contributed by atoms with Crippen molar-refractivity contribution in [2.75, 3.05) is 7.11 Å². The quantitative estimate of drug-likeness (QED) is 0.795. The van der Waals surface area contributed by atoms with Gasteiger partial charge in [-0.05, 0) is 37.6 Å². The Balaban J connectivity index is 2.49. The zero-order valence-electron chi connectivity index (χ0n) is 11.1. The second-order valence-corrected chi connectivity index (χ2v) is 4.17. The average Bonchev–Trinajstić information content (AvgIpc) is 2.83. The van der Waals surface area contributed by atoms with E-state index in [0.717, 1.165) is 0 Å². The fourth-order valence-corrected chi connectivity index (χ4v) is 1.91. The fraction of sp³-hybridized carbons (Fsp3) is 0.286. The first-order valence-corrected chi connectivity index (χ1v) is 5.99. The zero-order valence-corrected chi connectivity index (χ0v) is 11.1. The van der Waals surface area contributed by atoms with Gasteiger partial charge in [0.15, 0.2) is 11.4 Å². The first-order valence-electron chi connectivity index (χ1n) is 5.99. The summed E-state index contributed by atoms with van der Waals surface area (Å²) < 4.78 is 20.0. The molecule has 0 saturated carbocycles. The van der Waals surface area contributed by atoms with E-state index in [4.69, 9.17) is 4.74 Å². The molecule has 100 valence electrons. The van der Waals surface area contributed by atoms with Gasteiger partial charge in [-0.3, -0.25) is 9.48 Å². The number of rotatable bonds is 4. The molecule has 5 heteroatoms. The van der Waals surface area contributed by atoms with Crippen LogP contribution in [0.25, 0.3) is 0 Å². The van der Waals surface area contributed by atoms with Crippen LogP contribution in [0.15, 0.2) is 24.4 Å². The highest BCUT2D eigenvalue weighted by molar-refractivity contribution is 6.09. The molecule has 1 heterocycles. The molecule has 0 bridgehead atoms. The molecule has 0 atom stereocenters. The minimum absolute atomic E-state index is 0.223. The number of ketones is 1. The monoisotopic (exact) mass is 262 g/mol. The third kappa shape index (κ3) is 2.36. The van der Waals surface area contributed by atoms with Crippen molar-refractivity contribution in [3.8, 4) is 5.75 Å². The molecule has 0 aliphatic rings. The Morgan fingerprint density at radius 2 is 2.21 bits per heavy atom. The first kappa shape index (κ1) is 13.3. The Morgan fingerprint density at radius 1 is 1.47 bits per heavy atom. The lowest BCUT2D eigenvalue weighted by atomic mass is 10.0. The van der Waals surface area contributed by atoms with E-state index in [-0.39, 0.29) is 11.6 Å². The van der Waals surface area contributed by atoms with Gasteiger partial charge in [0.25, 0.3) is 0 Å². The number of hydrogen-bond donors (Lipinski definition) is 0. The van der Waals surface area contributed by atoms with Crippen molar-refractivity contribution in [1.29, 1.82) is 0 Å². The molecular weight excluding hydrogens is 247 g/mol. The maximum absolute atomic E-state index is 13.2. The van der Waals surface area contributed by atoms with Crippen LogP contribution in [0, 0.1) is 12.7 Å². The molecule has 2 aromatic rings. The van der Waals surface area contributed by atoms with Gasteiger partial charge >= 0.3 is 0 Å². The van der Waals surface area contributed by atoms with E-state index in [1.807, 2.05) is 6.92 Å². The Bertz CT molecular complexity index is 598. The largest absolute Gasteiger partial charge is 0.493 e. The van der Waals surface area contributed by atoms with Crippen LogP contribution in [-0.2, 0) is 6.54 Å². The molecule has 0 N–H and O–H groups in total. The van der Waals surface area contributed by atoms with E-state index >= 15 is 0 Å². The van der Waals surface area contributed by atoms with Crippen LogP contribution >= 0.6 is 0 Å². The van der Waals surface area contributed by atoms with Gasteiger partial charge in [0.2, 0.25) is 5.78 Å². The second kappa shape index (κ2) is 5.22. The van der Waals surface area contributed by atoms with Gasteiger partial charge in [-0.2, -0.15) is 5.10 Å². The van der Waals surface area contributed by atoms with Crippen molar-refractivity contribution in [1.82, 2.24) is 9.78 Å². The number of aryl methyl sites for hydroxylation is 2. The molecule has 0 amide bonds. The summed E-state index contributed by atoms with van der Waals surface area (Å²) in [5, 5.41) is 4.09. The molecule has 1 aromatic carbocycles. The zero-order chi connectivity index (χ0) is 14.0. The van der Waals surface area contributed by atoms with Gasteiger partial charge in [-0.15, -0.1) is 0 Å². The summed E-state index contributed by atoms with van der Waals surface area (Å²) in [4.78, 5) is 12.5. The van der Waals surface area contributed by atoms with Crippen molar-refractivity contribution in [3.05, 3.63) is 47.0 Å². The molecule has 4 nitrogen and oxygen atoms in total. The number of benzene rings is 1. The molecule has 1 aromatic heterocycles. The highest BCUT2D eigenvalue weighted by Crippen LogP contribution is 2.22. The van der Waals surface area contributed by atoms with Crippen molar-refractivity contribution >= 4 is 5.78 Å². The molecule has 0 saturated heterocycles. The molecule has 0 aliphatic carbocycles. The summed E-state index contributed by atoms with van der Waals surface area (Å²) in [7, 11) is 1.49. The van der Waals surface area contributed by atoms with Crippen LogP contribution in [-0.4, -0.2) is 22.7 Å². The number of ether oxygens (including phenoxy) is 1. The predicted octanol–water partition coefficient (Wildman–Crippen LogP) is 2.59. The van der Waals surface area contributed by atoms with Crippen LogP contribution in [0.3, 0.4) is 0 Å². The molecule has 0 aliphatic heterocycles. The van der Waals surface area contributed by atoms with Crippen LogP contribution in [0.1, 0.15) is 28.5 Å². The van der Waals surface area contributed by atoms with E-state index in [1.165, 1.54) is 31.5 Å². The molecular formula is C14H15FN2O2. The van der Waals surface area contributed by atoms with Gasteiger partial charge in [0.05, 0.1) is 13.3 Å². The summed E-state index contributed by atoms with van der Waals surface area (Å²) in [6.07, 6.45) is 1.51. The Kier molecular flexibility index (Phi) is 3.64. The molecule has 0 spiro atoms. The van der Waals surface area contributed by atoms with Crippen LogP contribution in [0.5, 0.6) is 5.75 Å². The fourth-order valence-electron chi connectivity index (χ4n) is 1.91.